The van der Waals surface area contributed by atoms with Crippen molar-refractivity contribution in [1.82, 2.24) is 10.3 Å². The van der Waals surface area contributed by atoms with Gasteiger partial charge < -0.3 is 5.32 Å². The second-order valence-corrected chi connectivity index (χ2v) is 5.25. The van der Waals surface area contributed by atoms with E-state index in [1.165, 1.54) is 11.1 Å². The molecule has 1 aromatic carbocycles. The van der Waals surface area contributed by atoms with Crippen LogP contribution in [0.1, 0.15) is 24.1 Å². The average molecular weight is 305 g/mol. The largest absolute Gasteiger partial charge is 0.310 e. The number of pyridine rings is 1. The van der Waals surface area contributed by atoms with Gasteiger partial charge in [0.1, 0.15) is 0 Å². The molecule has 0 spiro atoms. The van der Waals surface area contributed by atoms with E-state index in [0.29, 0.717) is 6.04 Å². The molecule has 0 radical (unpaired) electrons. The van der Waals surface area contributed by atoms with Crippen molar-refractivity contribution in [1.29, 1.82) is 0 Å². The monoisotopic (exact) mass is 304 g/mol. The van der Waals surface area contributed by atoms with Gasteiger partial charge in [-0.3, -0.25) is 4.98 Å². The molecular formula is C15H17BrN2. The molecule has 0 saturated carbocycles. The number of halogens is 1. The highest BCUT2D eigenvalue weighted by atomic mass is 79.9. The lowest BCUT2D eigenvalue weighted by atomic mass is 10.1. The van der Waals surface area contributed by atoms with Gasteiger partial charge in [-0.15, -0.1) is 0 Å². The number of rotatable bonds is 5. The molecule has 0 bridgehead atoms. The van der Waals surface area contributed by atoms with E-state index in [1.54, 1.807) is 0 Å². The molecule has 0 amide bonds. The number of hydrogen-bond donors (Lipinski definition) is 1. The van der Waals surface area contributed by atoms with E-state index in [1.807, 2.05) is 18.5 Å². The Labute approximate surface area is 117 Å². The summed E-state index contributed by atoms with van der Waals surface area (Å²) >= 11 is 3.50. The van der Waals surface area contributed by atoms with Crippen LogP contribution in [0.5, 0.6) is 0 Å². The van der Waals surface area contributed by atoms with E-state index < -0.39 is 0 Å². The van der Waals surface area contributed by atoms with Crippen LogP contribution in [0.2, 0.25) is 0 Å². The zero-order chi connectivity index (χ0) is 12.8. The topological polar surface area (TPSA) is 24.9 Å². The highest BCUT2D eigenvalue weighted by Crippen LogP contribution is 2.17. The van der Waals surface area contributed by atoms with E-state index in [2.05, 4.69) is 63.5 Å². The summed E-state index contributed by atoms with van der Waals surface area (Å²) in [5.41, 5.74) is 2.62. The van der Waals surface area contributed by atoms with Gasteiger partial charge in [0.2, 0.25) is 0 Å². The first-order chi connectivity index (χ1) is 8.75. The van der Waals surface area contributed by atoms with Crippen LogP contribution in [-0.2, 0) is 6.42 Å². The minimum Gasteiger partial charge on any atom is -0.310 e. The second-order valence-electron chi connectivity index (χ2n) is 4.34. The van der Waals surface area contributed by atoms with Crippen molar-refractivity contribution in [2.24, 2.45) is 0 Å². The van der Waals surface area contributed by atoms with Gasteiger partial charge in [0.25, 0.3) is 0 Å². The van der Waals surface area contributed by atoms with E-state index >= 15 is 0 Å². The third-order valence-corrected chi connectivity index (χ3v) is 3.46. The Kier molecular flexibility index (Phi) is 4.90. The third kappa shape index (κ3) is 3.93. The average Bonchev–Trinajstić information content (AvgIpc) is 2.40. The maximum absolute atomic E-state index is 4.02. The Balaban J connectivity index is 1.83. The zero-order valence-corrected chi connectivity index (χ0v) is 12.0. The maximum atomic E-state index is 4.02. The molecule has 0 saturated heterocycles. The number of nitrogens with one attached hydrogen (secondary N) is 1. The molecule has 0 aliphatic rings. The van der Waals surface area contributed by atoms with Gasteiger partial charge in [0.05, 0.1) is 0 Å². The van der Waals surface area contributed by atoms with Crippen LogP contribution >= 0.6 is 15.9 Å². The molecule has 2 rings (SSSR count). The Hall–Kier alpha value is -1.19. The lowest BCUT2D eigenvalue weighted by Gasteiger charge is -2.14. The van der Waals surface area contributed by atoms with Crippen LogP contribution in [0.25, 0.3) is 0 Å². The van der Waals surface area contributed by atoms with Crippen LogP contribution in [0.3, 0.4) is 0 Å². The molecule has 1 atom stereocenters. The Bertz CT molecular complexity index is 485. The van der Waals surface area contributed by atoms with Gasteiger partial charge in [-0.25, -0.2) is 0 Å². The van der Waals surface area contributed by atoms with Crippen molar-refractivity contribution in [3.05, 3.63) is 64.4 Å². The minimum absolute atomic E-state index is 0.365. The van der Waals surface area contributed by atoms with E-state index in [0.717, 1.165) is 17.4 Å². The Morgan fingerprint density at radius 3 is 2.72 bits per heavy atom. The van der Waals surface area contributed by atoms with Crippen molar-refractivity contribution in [2.75, 3.05) is 6.54 Å². The Morgan fingerprint density at radius 1 is 1.22 bits per heavy atom. The molecule has 1 N–H and O–H groups in total. The molecule has 2 nitrogen and oxygen atoms in total. The van der Waals surface area contributed by atoms with Crippen molar-refractivity contribution in [2.45, 2.75) is 19.4 Å². The molecule has 0 fully saturated rings. The molecule has 1 heterocycles. The summed E-state index contributed by atoms with van der Waals surface area (Å²) < 4.78 is 1.13. The number of nitrogens with zero attached hydrogens (tertiary/aromatic N) is 1. The van der Waals surface area contributed by atoms with Crippen molar-refractivity contribution < 1.29 is 0 Å². The predicted molar refractivity (Wildman–Crippen MR) is 78.5 cm³/mol. The molecule has 0 aliphatic heterocycles. The number of hydrogen-bond acceptors (Lipinski definition) is 2. The van der Waals surface area contributed by atoms with Crippen LogP contribution in [0.15, 0.2) is 53.3 Å². The lowest BCUT2D eigenvalue weighted by molar-refractivity contribution is 0.576. The summed E-state index contributed by atoms with van der Waals surface area (Å²) in [6.45, 7) is 3.16. The highest BCUT2D eigenvalue weighted by Gasteiger charge is 2.04. The summed E-state index contributed by atoms with van der Waals surface area (Å²) in [6.07, 6.45) is 4.71. The van der Waals surface area contributed by atoms with Crippen LogP contribution in [-0.4, -0.2) is 11.5 Å². The van der Waals surface area contributed by atoms with Gasteiger partial charge in [-0.2, -0.15) is 0 Å². The van der Waals surface area contributed by atoms with Crippen molar-refractivity contribution >= 4 is 15.9 Å². The highest BCUT2D eigenvalue weighted by molar-refractivity contribution is 9.10. The molecular weight excluding hydrogens is 288 g/mol. The first kappa shape index (κ1) is 13.2. The first-order valence-corrected chi connectivity index (χ1v) is 6.93. The van der Waals surface area contributed by atoms with Gasteiger partial charge in [-0.1, -0.05) is 28.1 Å². The molecule has 1 unspecified atom stereocenters. The molecule has 2 aromatic rings. The van der Waals surface area contributed by atoms with Crippen LogP contribution < -0.4 is 5.32 Å². The van der Waals surface area contributed by atoms with Crippen LogP contribution in [0.4, 0.5) is 0 Å². The predicted octanol–water partition coefficient (Wildman–Crippen LogP) is 3.74. The van der Waals surface area contributed by atoms with Crippen LogP contribution in [0, 0.1) is 0 Å². The van der Waals surface area contributed by atoms with E-state index in [-0.39, 0.29) is 0 Å². The summed E-state index contributed by atoms with van der Waals surface area (Å²) in [5.74, 6) is 0. The smallest absolute Gasteiger partial charge is 0.0292 e. The molecule has 0 aliphatic carbocycles. The normalized spacial score (nSPS) is 12.3. The third-order valence-electron chi connectivity index (χ3n) is 2.96. The fourth-order valence-corrected chi connectivity index (χ4v) is 2.29. The van der Waals surface area contributed by atoms with Gasteiger partial charge in [0.15, 0.2) is 0 Å². The van der Waals surface area contributed by atoms with Gasteiger partial charge >= 0.3 is 0 Å². The standard InChI is InChI=1S/C15H17BrN2/c1-12(14-3-2-4-15(16)11-14)18-10-7-13-5-8-17-9-6-13/h2-6,8-9,11-12,18H,7,10H2,1H3. The molecule has 1 aromatic heterocycles. The van der Waals surface area contributed by atoms with Crippen molar-refractivity contribution in [3.63, 3.8) is 0 Å². The van der Waals surface area contributed by atoms with E-state index in [9.17, 15) is 0 Å². The maximum Gasteiger partial charge on any atom is 0.0292 e. The first-order valence-electron chi connectivity index (χ1n) is 6.13. The molecule has 3 heteroatoms. The summed E-state index contributed by atoms with van der Waals surface area (Å²) in [5, 5.41) is 3.53. The fraction of sp³-hybridized carbons (Fsp3) is 0.267. The molecule has 18 heavy (non-hydrogen) atoms. The summed E-state index contributed by atoms with van der Waals surface area (Å²) in [7, 11) is 0. The Morgan fingerprint density at radius 2 is 2.00 bits per heavy atom. The van der Waals surface area contributed by atoms with Gasteiger partial charge in [-0.05, 0) is 55.3 Å². The summed E-state index contributed by atoms with van der Waals surface area (Å²) in [6, 6.07) is 12.9. The quantitative estimate of drug-likeness (QED) is 0.910. The number of benzene rings is 1. The number of aromatic nitrogens is 1. The lowest BCUT2D eigenvalue weighted by Crippen LogP contribution is -2.21. The fourth-order valence-electron chi connectivity index (χ4n) is 1.88. The molecule has 94 valence electrons. The minimum atomic E-state index is 0.365. The zero-order valence-electron chi connectivity index (χ0n) is 10.4. The van der Waals surface area contributed by atoms with Gasteiger partial charge in [0, 0.05) is 22.9 Å². The van der Waals surface area contributed by atoms with E-state index in [4.69, 9.17) is 0 Å². The van der Waals surface area contributed by atoms with Crippen molar-refractivity contribution in [3.8, 4) is 0 Å². The second kappa shape index (κ2) is 6.66. The summed E-state index contributed by atoms with van der Waals surface area (Å²) in [4.78, 5) is 4.02. The SMILES string of the molecule is CC(NCCc1ccncc1)c1cccc(Br)c1.